The molecular formula is C15H15N3O2S. The van der Waals surface area contributed by atoms with Crippen molar-refractivity contribution in [3.63, 3.8) is 0 Å². The molecule has 0 saturated carbocycles. The summed E-state index contributed by atoms with van der Waals surface area (Å²) in [5, 5.41) is 9.44. The van der Waals surface area contributed by atoms with Crippen molar-refractivity contribution in [2.45, 2.75) is 12.2 Å². The summed E-state index contributed by atoms with van der Waals surface area (Å²) in [7, 11) is -2.96. The maximum absolute atomic E-state index is 11.8. The molecule has 1 atom stereocenters. The Morgan fingerprint density at radius 2 is 2.14 bits per heavy atom. The predicted molar refractivity (Wildman–Crippen MR) is 81.9 cm³/mol. The number of pyridine rings is 1. The average molecular weight is 301 g/mol. The summed E-state index contributed by atoms with van der Waals surface area (Å²) in [6.45, 7) is 2.68. The first-order valence-corrected chi connectivity index (χ1v) is 8.48. The fraction of sp³-hybridized carbons (Fsp3) is 0.333. The van der Waals surface area contributed by atoms with Crippen molar-refractivity contribution < 1.29 is 8.42 Å². The summed E-state index contributed by atoms with van der Waals surface area (Å²) >= 11 is 0. The Hall–Kier alpha value is -2.13. The van der Waals surface area contributed by atoms with Gasteiger partial charge < -0.3 is 4.90 Å². The number of rotatable bonds is 1. The van der Waals surface area contributed by atoms with Crippen LogP contribution in [0.2, 0.25) is 0 Å². The smallest absolute Gasteiger partial charge is 0.156 e. The van der Waals surface area contributed by atoms with Gasteiger partial charge in [0, 0.05) is 18.5 Å². The van der Waals surface area contributed by atoms with E-state index in [4.69, 9.17) is 5.26 Å². The van der Waals surface area contributed by atoms with E-state index < -0.39 is 9.84 Å². The highest BCUT2D eigenvalue weighted by atomic mass is 32.2. The van der Waals surface area contributed by atoms with Crippen molar-refractivity contribution in [1.82, 2.24) is 4.98 Å². The van der Waals surface area contributed by atoms with Gasteiger partial charge in [0.25, 0.3) is 0 Å². The van der Waals surface area contributed by atoms with Crippen LogP contribution in [0.5, 0.6) is 0 Å². The summed E-state index contributed by atoms with van der Waals surface area (Å²) < 4.78 is 23.5. The van der Waals surface area contributed by atoms with Crippen LogP contribution < -0.4 is 4.90 Å². The lowest BCUT2D eigenvalue weighted by atomic mass is 10.1. The molecule has 108 valence electrons. The normalized spacial score (nSPS) is 21.1. The third-order valence-electron chi connectivity index (χ3n) is 3.86. The van der Waals surface area contributed by atoms with Crippen molar-refractivity contribution in [2.24, 2.45) is 0 Å². The maximum atomic E-state index is 11.8. The zero-order chi connectivity index (χ0) is 15.0. The Balaban J connectivity index is 1.94. The lowest BCUT2D eigenvalue weighted by Gasteiger charge is -2.31. The largest absolute Gasteiger partial charge is 0.354 e. The Morgan fingerprint density at radius 3 is 2.86 bits per heavy atom. The molecule has 1 aliphatic rings. The van der Waals surface area contributed by atoms with Gasteiger partial charge in [-0.2, -0.15) is 5.26 Å². The summed E-state index contributed by atoms with van der Waals surface area (Å²) in [5.41, 5.74) is 1.42. The SMILES string of the molecule is CC1CN(c2ccc3cc(C#N)ccc3n2)CCS1(=O)=O. The Bertz CT molecular complexity index is 840. The first-order valence-electron chi connectivity index (χ1n) is 6.77. The van der Waals surface area contributed by atoms with E-state index in [1.807, 2.05) is 23.1 Å². The highest BCUT2D eigenvalue weighted by Crippen LogP contribution is 2.22. The molecule has 0 bridgehead atoms. The van der Waals surface area contributed by atoms with Crippen LogP contribution in [0.4, 0.5) is 5.82 Å². The van der Waals surface area contributed by atoms with Gasteiger partial charge in [-0.05, 0) is 37.3 Å². The molecule has 2 aromatic rings. The first kappa shape index (κ1) is 13.8. The second-order valence-corrected chi connectivity index (χ2v) is 7.85. The minimum atomic E-state index is -2.96. The van der Waals surface area contributed by atoms with Crippen LogP contribution in [0.1, 0.15) is 12.5 Å². The van der Waals surface area contributed by atoms with Crippen molar-refractivity contribution in [3.05, 3.63) is 35.9 Å². The molecule has 5 nitrogen and oxygen atoms in total. The van der Waals surface area contributed by atoms with Gasteiger partial charge in [-0.15, -0.1) is 0 Å². The fourth-order valence-corrected chi connectivity index (χ4v) is 3.81. The molecule has 0 aliphatic carbocycles. The van der Waals surface area contributed by atoms with E-state index in [2.05, 4.69) is 11.1 Å². The molecular weight excluding hydrogens is 286 g/mol. The van der Waals surface area contributed by atoms with Crippen LogP contribution in [0.25, 0.3) is 10.9 Å². The monoisotopic (exact) mass is 301 g/mol. The van der Waals surface area contributed by atoms with Gasteiger partial charge in [-0.1, -0.05) is 0 Å². The highest BCUT2D eigenvalue weighted by molar-refractivity contribution is 7.92. The van der Waals surface area contributed by atoms with Gasteiger partial charge in [-0.25, -0.2) is 13.4 Å². The van der Waals surface area contributed by atoms with Gasteiger partial charge in [0.05, 0.1) is 28.2 Å². The number of aromatic nitrogens is 1. The molecule has 0 N–H and O–H groups in total. The molecule has 0 radical (unpaired) electrons. The van der Waals surface area contributed by atoms with Crippen LogP contribution in [-0.4, -0.2) is 37.5 Å². The topological polar surface area (TPSA) is 74.1 Å². The summed E-state index contributed by atoms with van der Waals surface area (Å²) in [6, 6.07) is 11.3. The molecule has 1 aliphatic heterocycles. The quantitative estimate of drug-likeness (QED) is 0.802. The number of anilines is 1. The van der Waals surface area contributed by atoms with E-state index in [0.717, 1.165) is 16.7 Å². The van der Waals surface area contributed by atoms with E-state index in [-0.39, 0.29) is 11.0 Å². The molecule has 6 heteroatoms. The number of sulfone groups is 1. The molecule has 1 fully saturated rings. The van der Waals surface area contributed by atoms with Crippen molar-refractivity contribution in [3.8, 4) is 6.07 Å². The second kappa shape index (κ2) is 5.01. The van der Waals surface area contributed by atoms with E-state index in [9.17, 15) is 8.42 Å². The summed E-state index contributed by atoms with van der Waals surface area (Å²) in [6.07, 6.45) is 0. The Kier molecular flexibility index (Phi) is 3.30. The van der Waals surface area contributed by atoms with E-state index in [0.29, 0.717) is 18.7 Å². The van der Waals surface area contributed by atoms with Crippen molar-refractivity contribution in [2.75, 3.05) is 23.7 Å². The molecule has 3 rings (SSSR count). The molecule has 2 heterocycles. The van der Waals surface area contributed by atoms with Crippen molar-refractivity contribution in [1.29, 1.82) is 5.26 Å². The van der Waals surface area contributed by atoms with Crippen LogP contribution in [0, 0.1) is 11.3 Å². The lowest BCUT2D eigenvalue weighted by Crippen LogP contribution is -2.45. The second-order valence-electron chi connectivity index (χ2n) is 5.31. The highest BCUT2D eigenvalue weighted by Gasteiger charge is 2.29. The number of hydrogen-bond donors (Lipinski definition) is 0. The van der Waals surface area contributed by atoms with Crippen LogP contribution in [0.3, 0.4) is 0 Å². The average Bonchev–Trinajstić information content (AvgIpc) is 2.49. The summed E-state index contributed by atoms with van der Waals surface area (Å²) in [5.74, 6) is 0.954. The molecule has 0 amide bonds. The Morgan fingerprint density at radius 1 is 1.33 bits per heavy atom. The molecule has 1 saturated heterocycles. The molecule has 1 aromatic heterocycles. The van der Waals surface area contributed by atoms with Crippen molar-refractivity contribution >= 4 is 26.6 Å². The number of nitriles is 1. The molecule has 1 aromatic carbocycles. The summed E-state index contributed by atoms with van der Waals surface area (Å²) in [4.78, 5) is 6.58. The number of hydrogen-bond acceptors (Lipinski definition) is 5. The van der Waals surface area contributed by atoms with Gasteiger partial charge in [-0.3, -0.25) is 0 Å². The van der Waals surface area contributed by atoms with E-state index >= 15 is 0 Å². The van der Waals surface area contributed by atoms with E-state index in [1.54, 1.807) is 19.1 Å². The molecule has 1 unspecified atom stereocenters. The molecule has 21 heavy (non-hydrogen) atoms. The fourth-order valence-electron chi connectivity index (χ4n) is 2.52. The van der Waals surface area contributed by atoms with Gasteiger partial charge in [0.15, 0.2) is 9.84 Å². The zero-order valence-electron chi connectivity index (χ0n) is 11.7. The van der Waals surface area contributed by atoms with Gasteiger partial charge in [0.1, 0.15) is 5.82 Å². The predicted octanol–water partition coefficient (Wildman–Crippen LogP) is 1.73. The first-order chi connectivity index (χ1) is 9.99. The zero-order valence-corrected chi connectivity index (χ0v) is 12.5. The third-order valence-corrected chi connectivity index (χ3v) is 5.99. The van der Waals surface area contributed by atoms with E-state index in [1.165, 1.54) is 0 Å². The van der Waals surface area contributed by atoms with Crippen LogP contribution in [-0.2, 0) is 9.84 Å². The minimum absolute atomic E-state index is 0.168. The maximum Gasteiger partial charge on any atom is 0.156 e. The Labute approximate surface area is 123 Å². The molecule has 0 spiro atoms. The van der Waals surface area contributed by atoms with Gasteiger partial charge in [0.2, 0.25) is 0 Å². The third kappa shape index (κ3) is 2.57. The minimum Gasteiger partial charge on any atom is -0.354 e. The number of fused-ring (bicyclic) bond motifs is 1. The number of benzene rings is 1. The lowest BCUT2D eigenvalue weighted by molar-refractivity contribution is 0.568. The van der Waals surface area contributed by atoms with Crippen LogP contribution >= 0.6 is 0 Å². The van der Waals surface area contributed by atoms with Crippen LogP contribution in [0.15, 0.2) is 30.3 Å². The standard InChI is InChI=1S/C15H15N3O2S/c1-11-10-18(6-7-21(11,19)20)15-5-3-13-8-12(9-16)2-4-14(13)17-15/h2-5,8,11H,6-7,10H2,1H3. The number of nitrogens with zero attached hydrogens (tertiary/aromatic N) is 3. The van der Waals surface area contributed by atoms with Gasteiger partial charge >= 0.3 is 0 Å².